The third-order valence-corrected chi connectivity index (χ3v) is 3.46. The van der Waals surface area contributed by atoms with Crippen molar-refractivity contribution >= 4 is 17.5 Å². The van der Waals surface area contributed by atoms with Gasteiger partial charge in [0.1, 0.15) is 6.04 Å². The third kappa shape index (κ3) is 2.11. The van der Waals surface area contributed by atoms with Crippen LogP contribution in [-0.4, -0.2) is 28.1 Å². The first-order chi connectivity index (χ1) is 10.5. The molecule has 0 spiro atoms. The van der Waals surface area contributed by atoms with E-state index < -0.39 is 24.3 Å². The summed E-state index contributed by atoms with van der Waals surface area (Å²) in [5.41, 5.74) is 5.99. The number of hydrogen-bond acceptors (Lipinski definition) is 4. The Kier molecular flexibility index (Phi) is 3.32. The second kappa shape index (κ2) is 5.18. The summed E-state index contributed by atoms with van der Waals surface area (Å²) in [6, 6.07) is 5.60. The molecular formula is C15H11F2N3O2. The summed E-state index contributed by atoms with van der Waals surface area (Å²) in [4.78, 5) is 29.0. The molecule has 0 aliphatic carbocycles. The molecule has 112 valence electrons. The number of rotatable bonds is 3. The topological polar surface area (TPSA) is 76.3 Å². The monoisotopic (exact) mass is 303 g/mol. The summed E-state index contributed by atoms with van der Waals surface area (Å²) >= 11 is 0. The first kappa shape index (κ1) is 14.1. The van der Waals surface area contributed by atoms with Gasteiger partial charge in [0, 0.05) is 18.0 Å². The molecule has 2 amide bonds. The SMILES string of the molecule is Nc1cncc([C@@H](C(F)F)N2C(=O)c3ccccc3C2=O)c1. The van der Waals surface area contributed by atoms with Crippen molar-refractivity contribution in [2.45, 2.75) is 12.5 Å². The van der Waals surface area contributed by atoms with Crippen LogP contribution in [0.5, 0.6) is 0 Å². The zero-order chi connectivity index (χ0) is 15.9. The smallest absolute Gasteiger partial charge is 0.263 e. The Bertz CT molecular complexity index is 729. The van der Waals surface area contributed by atoms with Crippen LogP contribution in [0.15, 0.2) is 42.7 Å². The van der Waals surface area contributed by atoms with Crippen LogP contribution in [0, 0.1) is 0 Å². The lowest BCUT2D eigenvalue weighted by Gasteiger charge is -2.25. The highest BCUT2D eigenvalue weighted by Gasteiger charge is 2.44. The molecule has 0 unspecified atom stereocenters. The molecule has 3 rings (SSSR count). The normalized spacial score (nSPS) is 15.3. The van der Waals surface area contributed by atoms with E-state index >= 15 is 0 Å². The molecule has 2 heterocycles. The van der Waals surface area contributed by atoms with Crippen molar-refractivity contribution in [3.8, 4) is 0 Å². The Morgan fingerprint density at radius 1 is 1.05 bits per heavy atom. The third-order valence-electron chi connectivity index (χ3n) is 3.46. The maximum atomic E-state index is 13.5. The number of aromatic nitrogens is 1. The maximum absolute atomic E-state index is 13.5. The van der Waals surface area contributed by atoms with E-state index in [0.29, 0.717) is 4.90 Å². The van der Waals surface area contributed by atoms with Crippen molar-refractivity contribution < 1.29 is 18.4 Å². The van der Waals surface area contributed by atoms with Gasteiger partial charge in [-0.1, -0.05) is 12.1 Å². The molecule has 1 aliphatic heterocycles. The fourth-order valence-electron chi connectivity index (χ4n) is 2.51. The van der Waals surface area contributed by atoms with Crippen molar-refractivity contribution in [2.24, 2.45) is 0 Å². The van der Waals surface area contributed by atoms with Crippen molar-refractivity contribution in [3.63, 3.8) is 0 Å². The van der Waals surface area contributed by atoms with Gasteiger partial charge < -0.3 is 5.73 Å². The summed E-state index contributed by atoms with van der Waals surface area (Å²) in [5.74, 6) is -1.48. The number of benzene rings is 1. The van der Waals surface area contributed by atoms with E-state index in [9.17, 15) is 18.4 Å². The van der Waals surface area contributed by atoms with Crippen LogP contribution >= 0.6 is 0 Å². The number of hydrogen-bond donors (Lipinski definition) is 1. The number of nitrogen functional groups attached to an aromatic ring is 1. The molecule has 7 heteroatoms. The van der Waals surface area contributed by atoms with Gasteiger partial charge in [-0.05, 0) is 18.2 Å². The molecule has 2 aromatic rings. The quantitative estimate of drug-likeness (QED) is 0.882. The maximum Gasteiger partial charge on any atom is 0.263 e. The van der Waals surface area contributed by atoms with E-state index in [0.717, 1.165) is 0 Å². The molecule has 0 saturated heterocycles. The molecular weight excluding hydrogens is 292 g/mol. The summed E-state index contributed by atoms with van der Waals surface area (Å²) in [6.45, 7) is 0. The number of imide groups is 1. The minimum Gasteiger partial charge on any atom is -0.397 e. The van der Waals surface area contributed by atoms with Gasteiger partial charge in [0.2, 0.25) is 0 Å². The predicted octanol–water partition coefficient (Wildman–Crippen LogP) is 2.27. The molecule has 22 heavy (non-hydrogen) atoms. The molecule has 1 aromatic carbocycles. The molecule has 1 aliphatic rings. The fraction of sp³-hybridized carbons (Fsp3) is 0.133. The molecule has 1 aromatic heterocycles. The van der Waals surface area contributed by atoms with Crippen LogP contribution in [-0.2, 0) is 0 Å². The zero-order valence-corrected chi connectivity index (χ0v) is 11.2. The lowest BCUT2D eigenvalue weighted by molar-refractivity contribution is 0.0221. The van der Waals surface area contributed by atoms with E-state index in [2.05, 4.69) is 4.98 Å². The van der Waals surface area contributed by atoms with E-state index in [4.69, 9.17) is 5.73 Å². The second-order valence-corrected chi connectivity index (χ2v) is 4.86. The Morgan fingerprint density at radius 3 is 2.14 bits per heavy atom. The summed E-state index contributed by atoms with van der Waals surface area (Å²) in [5, 5.41) is 0. The number of nitrogens with zero attached hydrogens (tertiary/aromatic N) is 2. The zero-order valence-electron chi connectivity index (χ0n) is 11.2. The van der Waals surface area contributed by atoms with Gasteiger partial charge in [0.15, 0.2) is 0 Å². The number of anilines is 1. The Balaban J connectivity index is 2.08. The van der Waals surface area contributed by atoms with Crippen LogP contribution in [0.2, 0.25) is 0 Å². The van der Waals surface area contributed by atoms with Crippen molar-refractivity contribution in [1.82, 2.24) is 9.88 Å². The lowest BCUT2D eigenvalue weighted by atomic mass is 10.1. The second-order valence-electron chi connectivity index (χ2n) is 4.86. The van der Waals surface area contributed by atoms with Crippen molar-refractivity contribution in [1.29, 1.82) is 0 Å². The van der Waals surface area contributed by atoms with Gasteiger partial charge in [0.25, 0.3) is 18.2 Å². The molecule has 0 radical (unpaired) electrons. The summed E-state index contributed by atoms with van der Waals surface area (Å²) < 4.78 is 27.0. The Morgan fingerprint density at radius 2 is 1.64 bits per heavy atom. The number of halogens is 2. The van der Waals surface area contributed by atoms with E-state index in [1.165, 1.54) is 30.6 Å². The van der Waals surface area contributed by atoms with E-state index in [-0.39, 0.29) is 22.4 Å². The van der Waals surface area contributed by atoms with E-state index in [1.807, 2.05) is 0 Å². The van der Waals surface area contributed by atoms with E-state index in [1.54, 1.807) is 12.1 Å². The average Bonchev–Trinajstić information content (AvgIpc) is 2.73. The van der Waals surface area contributed by atoms with Crippen LogP contribution in [0.3, 0.4) is 0 Å². The van der Waals surface area contributed by atoms with Crippen molar-refractivity contribution in [2.75, 3.05) is 5.73 Å². The highest BCUT2D eigenvalue weighted by atomic mass is 19.3. The first-order valence-corrected chi connectivity index (χ1v) is 6.46. The molecule has 0 fully saturated rings. The van der Waals surface area contributed by atoms with Gasteiger partial charge in [-0.3, -0.25) is 19.5 Å². The van der Waals surface area contributed by atoms with Crippen LogP contribution in [0.1, 0.15) is 32.3 Å². The highest BCUT2D eigenvalue weighted by molar-refractivity contribution is 6.21. The number of alkyl halides is 2. The van der Waals surface area contributed by atoms with Crippen LogP contribution < -0.4 is 5.73 Å². The molecule has 0 saturated carbocycles. The van der Waals surface area contributed by atoms with Crippen molar-refractivity contribution in [3.05, 3.63) is 59.4 Å². The number of pyridine rings is 1. The van der Waals surface area contributed by atoms with Crippen LogP contribution in [0.25, 0.3) is 0 Å². The summed E-state index contributed by atoms with van der Waals surface area (Å²) in [7, 11) is 0. The predicted molar refractivity (Wildman–Crippen MR) is 74.3 cm³/mol. The first-order valence-electron chi connectivity index (χ1n) is 6.46. The molecule has 2 N–H and O–H groups in total. The summed E-state index contributed by atoms with van der Waals surface area (Å²) in [6.07, 6.45) is -0.476. The van der Waals surface area contributed by atoms with Gasteiger partial charge in [0.05, 0.1) is 16.8 Å². The minimum absolute atomic E-state index is 0.0181. The van der Waals surface area contributed by atoms with Gasteiger partial charge in [-0.25, -0.2) is 8.78 Å². The van der Waals surface area contributed by atoms with Crippen LogP contribution in [0.4, 0.5) is 14.5 Å². The van der Waals surface area contributed by atoms with Gasteiger partial charge in [-0.15, -0.1) is 0 Å². The largest absolute Gasteiger partial charge is 0.397 e. The Labute approximate surface area is 124 Å². The fourth-order valence-corrected chi connectivity index (χ4v) is 2.51. The molecule has 1 atom stereocenters. The average molecular weight is 303 g/mol. The van der Waals surface area contributed by atoms with Gasteiger partial charge >= 0.3 is 0 Å². The number of nitrogens with two attached hydrogens (primary N) is 1. The van der Waals surface area contributed by atoms with Gasteiger partial charge in [-0.2, -0.15) is 0 Å². The lowest BCUT2D eigenvalue weighted by Crippen LogP contribution is -2.38. The molecule has 0 bridgehead atoms. The number of amides is 2. The standard InChI is InChI=1S/C15H11F2N3O2/c16-13(17)12(8-5-9(18)7-19-6-8)20-14(21)10-3-1-2-4-11(10)15(20)22/h1-7,12-13H,18H2/t12-/m0/s1. The Hall–Kier alpha value is -2.83. The minimum atomic E-state index is -2.95. The number of carbonyl (C=O) groups is 2. The number of fused-ring (bicyclic) bond motifs is 1. The molecule has 5 nitrogen and oxygen atoms in total. The highest BCUT2D eigenvalue weighted by Crippen LogP contribution is 2.35. The number of carbonyl (C=O) groups excluding carboxylic acids is 2.